The van der Waals surface area contributed by atoms with Gasteiger partial charge in [-0.05, 0) is 0 Å². The zero-order valence-corrected chi connectivity index (χ0v) is 6.38. The van der Waals surface area contributed by atoms with Gasteiger partial charge in [-0.2, -0.15) is 0 Å². The van der Waals surface area contributed by atoms with Gasteiger partial charge in [-0.3, -0.25) is 0 Å². The molecule has 0 saturated heterocycles. The summed E-state index contributed by atoms with van der Waals surface area (Å²) < 4.78 is 5.63. The van der Waals surface area contributed by atoms with E-state index >= 15 is 0 Å². The van der Waals surface area contributed by atoms with Crippen LogP contribution in [0.15, 0.2) is 16.8 Å². The van der Waals surface area contributed by atoms with Crippen LogP contribution in [0.2, 0.25) is 0 Å². The monoisotopic (exact) mass is 189 g/mol. The molecule has 0 aliphatic heterocycles. The van der Waals surface area contributed by atoms with Crippen LogP contribution in [-0.4, -0.2) is 27.7 Å². The summed E-state index contributed by atoms with van der Waals surface area (Å²) in [6, 6.07) is 1.86. The van der Waals surface area contributed by atoms with Crippen molar-refractivity contribution in [2.75, 3.05) is 0 Å². The standard InChI is InChI=1S/C3H2NO.Sn.H/c1-2-4-5-3-1;;/h1-2H;;. The average molecular weight is 188 g/mol. The van der Waals surface area contributed by atoms with E-state index in [9.17, 15) is 0 Å². The fraction of sp³-hybridized carbons (Fsp3) is 0. The van der Waals surface area contributed by atoms with Gasteiger partial charge in [-0.1, -0.05) is 0 Å². The second-order valence-electron chi connectivity index (χ2n) is 0.915. The first-order valence-electron chi connectivity index (χ1n) is 1.56. The molecule has 0 aromatic carbocycles. The van der Waals surface area contributed by atoms with Crippen LogP contribution < -0.4 is 3.78 Å². The van der Waals surface area contributed by atoms with Crippen LogP contribution in [-0.2, 0) is 0 Å². The second kappa shape index (κ2) is 1.64. The molecule has 0 amide bonds. The van der Waals surface area contributed by atoms with Crippen molar-refractivity contribution >= 4 is 26.3 Å². The molecule has 0 spiro atoms. The molecule has 0 aliphatic rings. The van der Waals surface area contributed by atoms with Gasteiger partial charge < -0.3 is 0 Å². The van der Waals surface area contributed by atoms with E-state index in [0.717, 1.165) is 26.3 Å². The number of hydrogen-bond acceptors (Lipinski definition) is 2. The molecular formula is C3H3NOSn. The SMILES string of the molecule is [SnH][c]1ccno1. The summed E-state index contributed by atoms with van der Waals surface area (Å²) in [5.74, 6) is 0. The van der Waals surface area contributed by atoms with Gasteiger partial charge in [0.05, 0.1) is 0 Å². The fourth-order valence-electron chi connectivity index (χ4n) is 0.226. The van der Waals surface area contributed by atoms with Crippen LogP contribution in [0, 0.1) is 0 Å². The molecule has 2 nitrogen and oxygen atoms in total. The third kappa shape index (κ3) is 0.739. The van der Waals surface area contributed by atoms with Crippen molar-refractivity contribution in [3.05, 3.63) is 12.3 Å². The van der Waals surface area contributed by atoms with Crippen molar-refractivity contribution in [1.29, 1.82) is 0 Å². The van der Waals surface area contributed by atoms with Gasteiger partial charge >= 0.3 is 48.2 Å². The van der Waals surface area contributed by atoms with E-state index in [1.807, 2.05) is 6.07 Å². The second-order valence-corrected chi connectivity index (χ2v) is 2.54. The number of nitrogens with zero attached hydrogens (tertiary/aromatic N) is 1. The predicted molar refractivity (Wildman–Crippen MR) is 23.3 cm³/mol. The van der Waals surface area contributed by atoms with Crippen LogP contribution in [0.4, 0.5) is 0 Å². The third-order valence-electron chi connectivity index (χ3n) is 0.458. The van der Waals surface area contributed by atoms with Gasteiger partial charge in [0.25, 0.3) is 0 Å². The van der Waals surface area contributed by atoms with Crippen molar-refractivity contribution in [2.24, 2.45) is 0 Å². The van der Waals surface area contributed by atoms with E-state index in [0.29, 0.717) is 0 Å². The zero-order chi connectivity index (χ0) is 4.41. The van der Waals surface area contributed by atoms with Crippen LogP contribution >= 0.6 is 0 Å². The van der Waals surface area contributed by atoms with Crippen molar-refractivity contribution in [3.63, 3.8) is 0 Å². The Morgan fingerprint density at radius 3 is 2.83 bits per heavy atom. The van der Waals surface area contributed by atoms with Crippen LogP contribution in [0.1, 0.15) is 0 Å². The molecule has 2 radical (unpaired) electrons. The summed E-state index contributed by atoms with van der Waals surface area (Å²) in [4.78, 5) is 0. The van der Waals surface area contributed by atoms with E-state index in [2.05, 4.69) is 9.68 Å². The van der Waals surface area contributed by atoms with E-state index in [-0.39, 0.29) is 0 Å². The molecule has 3 heteroatoms. The molecule has 6 heavy (non-hydrogen) atoms. The van der Waals surface area contributed by atoms with Crippen molar-refractivity contribution in [3.8, 4) is 0 Å². The molecule has 1 rings (SSSR count). The molecular weight excluding hydrogens is 185 g/mol. The Morgan fingerprint density at radius 1 is 1.83 bits per heavy atom. The van der Waals surface area contributed by atoms with E-state index in [1.54, 1.807) is 6.20 Å². The molecule has 0 N–H and O–H groups in total. The Bertz CT molecular complexity index is 114. The molecule has 0 bridgehead atoms. The van der Waals surface area contributed by atoms with Crippen molar-refractivity contribution in [1.82, 2.24) is 5.16 Å². The fourth-order valence-corrected chi connectivity index (χ4v) is 0.645. The normalized spacial score (nSPS) is 8.83. The van der Waals surface area contributed by atoms with E-state index < -0.39 is 0 Å². The average Bonchev–Trinajstić information content (AvgIpc) is 1.86. The molecule has 0 saturated carbocycles. The molecule has 1 aromatic rings. The van der Waals surface area contributed by atoms with Gasteiger partial charge in [0.1, 0.15) is 0 Å². The summed E-state index contributed by atoms with van der Waals surface area (Å²) in [7, 11) is 0. The first-order chi connectivity index (χ1) is 2.89. The Morgan fingerprint density at radius 2 is 2.67 bits per heavy atom. The first-order valence-corrected chi connectivity index (χ1v) is 3.20. The summed E-state index contributed by atoms with van der Waals surface area (Å²) in [6.45, 7) is 0. The van der Waals surface area contributed by atoms with E-state index in [4.69, 9.17) is 0 Å². The Labute approximate surface area is 48.6 Å². The van der Waals surface area contributed by atoms with Crippen LogP contribution in [0.3, 0.4) is 0 Å². The van der Waals surface area contributed by atoms with Gasteiger partial charge in [0.2, 0.25) is 0 Å². The zero-order valence-electron chi connectivity index (χ0n) is 3.09. The number of aromatic nitrogens is 1. The van der Waals surface area contributed by atoms with Crippen LogP contribution in [0.25, 0.3) is 0 Å². The maximum atomic E-state index is 4.64. The summed E-state index contributed by atoms with van der Waals surface area (Å²) in [5, 5.41) is 3.48. The van der Waals surface area contributed by atoms with Crippen LogP contribution in [0.5, 0.6) is 0 Å². The third-order valence-corrected chi connectivity index (χ3v) is 1.31. The summed E-state index contributed by atoms with van der Waals surface area (Å²) in [5.41, 5.74) is 0. The molecule has 30 valence electrons. The minimum atomic E-state index is 0.986. The van der Waals surface area contributed by atoms with Gasteiger partial charge in [-0.15, -0.1) is 0 Å². The molecule has 0 fully saturated rings. The van der Waals surface area contributed by atoms with Gasteiger partial charge in [-0.25, -0.2) is 0 Å². The Kier molecular flexibility index (Phi) is 1.14. The molecule has 0 atom stereocenters. The van der Waals surface area contributed by atoms with Crippen molar-refractivity contribution in [2.45, 2.75) is 0 Å². The molecule has 1 heterocycles. The summed E-state index contributed by atoms with van der Waals surface area (Å²) >= 11 is 1.02. The number of hydrogen-bond donors (Lipinski definition) is 0. The quantitative estimate of drug-likeness (QED) is 0.498. The van der Waals surface area contributed by atoms with Gasteiger partial charge in [0, 0.05) is 0 Å². The summed E-state index contributed by atoms with van der Waals surface area (Å²) in [6.07, 6.45) is 1.65. The molecule has 0 aliphatic carbocycles. The minimum absolute atomic E-state index is 0.986. The topological polar surface area (TPSA) is 26.0 Å². The number of rotatable bonds is 0. The molecule has 1 aromatic heterocycles. The van der Waals surface area contributed by atoms with E-state index in [1.165, 1.54) is 0 Å². The predicted octanol–water partition coefficient (Wildman–Crippen LogP) is -0.799. The maximum absolute atomic E-state index is 4.64. The van der Waals surface area contributed by atoms with Gasteiger partial charge in [0.15, 0.2) is 0 Å². The van der Waals surface area contributed by atoms with Crippen molar-refractivity contribution < 1.29 is 4.52 Å². The first kappa shape index (κ1) is 4.18. The Hall–Kier alpha value is 0.00870. The molecule has 0 unspecified atom stereocenters. The Balaban J connectivity index is 3.05.